The summed E-state index contributed by atoms with van der Waals surface area (Å²) in [7, 11) is 1.69. The molecule has 1 aliphatic carbocycles. The molecule has 1 aromatic carbocycles. The standard InChI is InChI=1S/C13H19NO2/c1-9(8-15)14-13-6-4-10-3-5-11(16-2)7-12(10)13/h3,5,7,9,13-15H,4,6,8H2,1-2H3/t9-,13?/m0/s1. The molecule has 1 aliphatic rings. The highest BCUT2D eigenvalue weighted by molar-refractivity contribution is 5.40. The predicted molar refractivity (Wildman–Crippen MR) is 63.7 cm³/mol. The number of aliphatic hydroxyl groups excluding tert-OH is 1. The highest BCUT2D eigenvalue weighted by atomic mass is 16.5. The maximum atomic E-state index is 9.06. The molecule has 0 aromatic heterocycles. The Morgan fingerprint density at radius 1 is 1.56 bits per heavy atom. The molecule has 0 spiro atoms. The second-order valence-electron chi connectivity index (χ2n) is 4.41. The molecule has 2 atom stereocenters. The first-order chi connectivity index (χ1) is 7.74. The highest BCUT2D eigenvalue weighted by Crippen LogP contribution is 2.33. The van der Waals surface area contributed by atoms with E-state index in [4.69, 9.17) is 9.84 Å². The third-order valence-electron chi connectivity index (χ3n) is 3.19. The van der Waals surface area contributed by atoms with E-state index in [1.165, 1.54) is 11.1 Å². The molecule has 1 aromatic rings. The number of hydrogen-bond donors (Lipinski definition) is 2. The fourth-order valence-corrected chi connectivity index (χ4v) is 2.28. The van der Waals surface area contributed by atoms with Gasteiger partial charge in [0.1, 0.15) is 5.75 Å². The third kappa shape index (κ3) is 2.20. The summed E-state index contributed by atoms with van der Waals surface area (Å²) in [6.07, 6.45) is 2.21. The van der Waals surface area contributed by atoms with Gasteiger partial charge in [0, 0.05) is 12.1 Å². The van der Waals surface area contributed by atoms with Gasteiger partial charge >= 0.3 is 0 Å². The van der Waals surface area contributed by atoms with Gasteiger partial charge in [-0.1, -0.05) is 6.07 Å². The van der Waals surface area contributed by atoms with Crippen LogP contribution in [-0.2, 0) is 6.42 Å². The topological polar surface area (TPSA) is 41.5 Å². The Hall–Kier alpha value is -1.06. The summed E-state index contributed by atoms with van der Waals surface area (Å²) < 4.78 is 5.24. The van der Waals surface area contributed by atoms with Gasteiger partial charge in [-0.2, -0.15) is 0 Å². The minimum atomic E-state index is 0.141. The van der Waals surface area contributed by atoms with Gasteiger partial charge in [-0.05, 0) is 43.0 Å². The van der Waals surface area contributed by atoms with Crippen LogP contribution in [0.3, 0.4) is 0 Å². The van der Waals surface area contributed by atoms with E-state index in [-0.39, 0.29) is 12.6 Å². The summed E-state index contributed by atoms with van der Waals surface area (Å²) in [5.41, 5.74) is 2.71. The van der Waals surface area contributed by atoms with E-state index >= 15 is 0 Å². The van der Waals surface area contributed by atoms with E-state index in [9.17, 15) is 0 Å². The number of ether oxygens (including phenoxy) is 1. The Balaban J connectivity index is 2.17. The zero-order valence-corrected chi connectivity index (χ0v) is 9.86. The fraction of sp³-hybridized carbons (Fsp3) is 0.538. The molecule has 3 heteroatoms. The zero-order valence-electron chi connectivity index (χ0n) is 9.86. The van der Waals surface area contributed by atoms with Crippen molar-refractivity contribution in [2.45, 2.75) is 31.8 Å². The van der Waals surface area contributed by atoms with Crippen molar-refractivity contribution in [1.82, 2.24) is 5.32 Å². The molecule has 1 unspecified atom stereocenters. The van der Waals surface area contributed by atoms with Gasteiger partial charge < -0.3 is 15.2 Å². The SMILES string of the molecule is COc1ccc2c(c1)C(N[C@@H](C)CO)CC2. The van der Waals surface area contributed by atoms with Crippen LogP contribution in [0.25, 0.3) is 0 Å². The maximum absolute atomic E-state index is 9.06. The Morgan fingerprint density at radius 3 is 3.06 bits per heavy atom. The van der Waals surface area contributed by atoms with Crippen molar-refractivity contribution in [2.24, 2.45) is 0 Å². The second-order valence-corrected chi connectivity index (χ2v) is 4.41. The Kier molecular flexibility index (Phi) is 3.46. The lowest BCUT2D eigenvalue weighted by Gasteiger charge is -2.18. The van der Waals surface area contributed by atoms with Crippen LogP contribution >= 0.6 is 0 Å². The van der Waals surface area contributed by atoms with E-state index in [1.807, 2.05) is 13.0 Å². The third-order valence-corrected chi connectivity index (χ3v) is 3.19. The summed E-state index contributed by atoms with van der Waals surface area (Å²) in [6.45, 7) is 2.17. The summed E-state index contributed by atoms with van der Waals surface area (Å²) in [6, 6.07) is 6.75. The number of rotatable bonds is 4. The smallest absolute Gasteiger partial charge is 0.119 e. The Labute approximate surface area is 96.4 Å². The molecule has 0 aliphatic heterocycles. The molecule has 16 heavy (non-hydrogen) atoms. The largest absolute Gasteiger partial charge is 0.497 e. The van der Waals surface area contributed by atoms with Crippen LogP contribution < -0.4 is 10.1 Å². The average molecular weight is 221 g/mol. The number of aliphatic hydroxyl groups is 1. The van der Waals surface area contributed by atoms with E-state index in [0.29, 0.717) is 6.04 Å². The van der Waals surface area contributed by atoms with E-state index in [2.05, 4.69) is 17.4 Å². The van der Waals surface area contributed by atoms with Gasteiger partial charge in [-0.25, -0.2) is 0 Å². The number of nitrogens with one attached hydrogen (secondary N) is 1. The number of aryl methyl sites for hydroxylation is 1. The highest BCUT2D eigenvalue weighted by Gasteiger charge is 2.23. The van der Waals surface area contributed by atoms with Gasteiger partial charge in [-0.3, -0.25) is 0 Å². The maximum Gasteiger partial charge on any atom is 0.119 e. The molecule has 2 N–H and O–H groups in total. The van der Waals surface area contributed by atoms with Crippen LogP contribution in [-0.4, -0.2) is 24.9 Å². The molecule has 0 saturated carbocycles. The van der Waals surface area contributed by atoms with Crippen molar-refractivity contribution in [3.63, 3.8) is 0 Å². The minimum absolute atomic E-state index is 0.141. The fourth-order valence-electron chi connectivity index (χ4n) is 2.28. The molecule has 0 fully saturated rings. The van der Waals surface area contributed by atoms with Gasteiger partial charge in [0.2, 0.25) is 0 Å². The van der Waals surface area contributed by atoms with E-state index < -0.39 is 0 Å². The molecule has 3 nitrogen and oxygen atoms in total. The van der Waals surface area contributed by atoms with Crippen molar-refractivity contribution >= 4 is 0 Å². The summed E-state index contributed by atoms with van der Waals surface area (Å²) in [5.74, 6) is 0.907. The van der Waals surface area contributed by atoms with Crippen molar-refractivity contribution in [3.05, 3.63) is 29.3 Å². The first-order valence-corrected chi connectivity index (χ1v) is 5.78. The molecule has 0 bridgehead atoms. The lowest BCUT2D eigenvalue weighted by atomic mass is 10.1. The summed E-state index contributed by atoms with van der Waals surface area (Å²) in [4.78, 5) is 0. The van der Waals surface area contributed by atoms with Crippen LogP contribution in [0.1, 0.15) is 30.5 Å². The number of fused-ring (bicyclic) bond motifs is 1. The van der Waals surface area contributed by atoms with Crippen LogP contribution in [0.2, 0.25) is 0 Å². The van der Waals surface area contributed by atoms with Gasteiger partial charge in [0.25, 0.3) is 0 Å². The summed E-state index contributed by atoms with van der Waals surface area (Å²) >= 11 is 0. The minimum Gasteiger partial charge on any atom is -0.497 e. The molecular weight excluding hydrogens is 202 g/mol. The van der Waals surface area contributed by atoms with Crippen molar-refractivity contribution in [3.8, 4) is 5.75 Å². The molecule has 0 saturated heterocycles. The second kappa shape index (κ2) is 4.85. The lowest BCUT2D eigenvalue weighted by Crippen LogP contribution is -2.32. The molecule has 0 amide bonds. The molecule has 2 rings (SSSR count). The first kappa shape index (κ1) is 11.4. The molecule has 0 heterocycles. The van der Waals surface area contributed by atoms with Crippen molar-refractivity contribution < 1.29 is 9.84 Å². The first-order valence-electron chi connectivity index (χ1n) is 5.78. The molecule has 88 valence electrons. The van der Waals surface area contributed by atoms with Crippen molar-refractivity contribution in [1.29, 1.82) is 0 Å². The van der Waals surface area contributed by atoms with Gasteiger partial charge in [-0.15, -0.1) is 0 Å². The molecular formula is C13H19NO2. The normalized spacial score (nSPS) is 20.6. The quantitative estimate of drug-likeness (QED) is 0.812. The average Bonchev–Trinajstić information content (AvgIpc) is 2.71. The number of methoxy groups -OCH3 is 1. The van der Waals surface area contributed by atoms with Gasteiger partial charge in [0.15, 0.2) is 0 Å². The van der Waals surface area contributed by atoms with E-state index in [1.54, 1.807) is 7.11 Å². The Morgan fingerprint density at radius 2 is 2.38 bits per heavy atom. The number of benzene rings is 1. The monoisotopic (exact) mass is 221 g/mol. The van der Waals surface area contributed by atoms with Crippen LogP contribution in [0.15, 0.2) is 18.2 Å². The van der Waals surface area contributed by atoms with E-state index in [0.717, 1.165) is 18.6 Å². The predicted octanol–water partition coefficient (Wildman–Crippen LogP) is 1.65. The van der Waals surface area contributed by atoms with Crippen molar-refractivity contribution in [2.75, 3.05) is 13.7 Å². The summed E-state index contributed by atoms with van der Waals surface area (Å²) in [5, 5.41) is 12.5. The van der Waals surface area contributed by atoms with Crippen LogP contribution in [0, 0.1) is 0 Å². The van der Waals surface area contributed by atoms with Crippen LogP contribution in [0.4, 0.5) is 0 Å². The molecule has 0 radical (unpaired) electrons. The number of hydrogen-bond acceptors (Lipinski definition) is 3. The zero-order chi connectivity index (χ0) is 11.5. The lowest BCUT2D eigenvalue weighted by molar-refractivity contribution is 0.240. The van der Waals surface area contributed by atoms with Gasteiger partial charge in [0.05, 0.1) is 13.7 Å². The Bertz CT molecular complexity index is 365. The van der Waals surface area contributed by atoms with Crippen LogP contribution in [0.5, 0.6) is 5.75 Å².